The van der Waals surface area contributed by atoms with E-state index in [0.717, 1.165) is 12.8 Å². The van der Waals surface area contributed by atoms with Crippen LogP contribution in [0.25, 0.3) is 5.53 Å². The van der Waals surface area contributed by atoms with Gasteiger partial charge in [0.05, 0.1) is 6.10 Å². The maximum Gasteiger partial charge on any atom is 0.360 e. The third-order valence-electron chi connectivity index (χ3n) is 2.71. The van der Waals surface area contributed by atoms with Gasteiger partial charge in [-0.15, -0.1) is 0 Å². The van der Waals surface area contributed by atoms with Crippen molar-refractivity contribution in [3.63, 3.8) is 0 Å². The molecule has 2 rings (SSSR count). The molecule has 1 aliphatic heterocycles. The van der Waals surface area contributed by atoms with Crippen LogP contribution >= 0.6 is 0 Å². The highest BCUT2D eigenvalue weighted by Gasteiger charge is 2.36. The Balaban J connectivity index is 1.89. The van der Waals surface area contributed by atoms with Gasteiger partial charge in [-0.1, -0.05) is 12.8 Å². The van der Waals surface area contributed by atoms with Gasteiger partial charge in [-0.2, -0.15) is 4.79 Å². The maximum absolute atomic E-state index is 11.1. The van der Waals surface area contributed by atoms with Crippen molar-refractivity contribution in [2.45, 2.75) is 44.4 Å². The summed E-state index contributed by atoms with van der Waals surface area (Å²) in [6, 6.07) is 0. The van der Waals surface area contributed by atoms with Crippen molar-refractivity contribution >= 4 is 11.6 Å². The second kappa shape index (κ2) is 3.90. The number of rotatable bonds is 2. The lowest BCUT2D eigenvalue weighted by atomic mass is 10.3. The number of nitrogens with zero attached hydrogens (tertiary/aromatic N) is 2. The van der Waals surface area contributed by atoms with Crippen LogP contribution in [0.2, 0.25) is 0 Å². The fourth-order valence-corrected chi connectivity index (χ4v) is 1.97. The van der Waals surface area contributed by atoms with E-state index in [-0.39, 0.29) is 24.0 Å². The summed E-state index contributed by atoms with van der Waals surface area (Å²) in [4.78, 5) is 14.0. The zero-order valence-corrected chi connectivity index (χ0v) is 7.90. The largest absolute Gasteiger partial charge is 0.361 e. The molecule has 2 aliphatic rings. The molecule has 1 saturated carbocycles. The lowest BCUT2D eigenvalue weighted by Crippen LogP contribution is -2.31. The minimum atomic E-state index is -0.324. The highest BCUT2D eigenvalue weighted by molar-refractivity contribution is 6.38. The molecule has 0 spiro atoms. The second-order valence-corrected chi connectivity index (χ2v) is 3.76. The minimum Gasteiger partial charge on any atom is -0.361 e. The van der Waals surface area contributed by atoms with Crippen LogP contribution in [0.3, 0.4) is 0 Å². The lowest BCUT2D eigenvalue weighted by molar-refractivity contribution is -0.120. The average molecular weight is 195 g/mol. The van der Waals surface area contributed by atoms with Crippen LogP contribution in [-0.4, -0.2) is 28.7 Å². The number of carbonyl (C=O) groups excluding carboxylic acids is 1. The van der Waals surface area contributed by atoms with Gasteiger partial charge in [0.2, 0.25) is 0 Å². The van der Waals surface area contributed by atoms with Crippen molar-refractivity contribution in [1.29, 1.82) is 0 Å². The van der Waals surface area contributed by atoms with Crippen molar-refractivity contribution in [2.75, 3.05) is 0 Å². The van der Waals surface area contributed by atoms with Gasteiger partial charge in [0.1, 0.15) is 12.6 Å². The Morgan fingerprint density at radius 3 is 2.71 bits per heavy atom. The van der Waals surface area contributed by atoms with Gasteiger partial charge in [0.25, 0.3) is 0 Å². The SMILES string of the molecule is [N-]=[N+]=C1CC(OC2CCCC2)NC1=O. The monoisotopic (exact) mass is 195 g/mol. The summed E-state index contributed by atoms with van der Waals surface area (Å²) in [6.45, 7) is 0. The molecule has 0 bridgehead atoms. The molecule has 0 radical (unpaired) electrons. The van der Waals surface area contributed by atoms with Crippen LogP contribution in [0.15, 0.2) is 0 Å². The Hall–Kier alpha value is -1.19. The van der Waals surface area contributed by atoms with E-state index in [1.54, 1.807) is 0 Å². The Morgan fingerprint density at radius 1 is 1.43 bits per heavy atom. The summed E-state index contributed by atoms with van der Waals surface area (Å²) in [6.07, 6.45) is 4.87. The van der Waals surface area contributed by atoms with Gasteiger partial charge >= 0.3 is 11.6 Å². The van der Waals surface area contributed by atoms with E-state index in [1.807, 2.05) is 0 Å². The quantitative estimate of drug-likeness (QED) is 0.513. The van der Waals surface area contributed by atoms with E-state index in [2.05, 4.69) is 10.1 Å². The summed E-state index contributed by atoms with van der Waals surface area (Å²) in [5.74, 6) is -0.324. The Morgan fingerprint density at radius 2 is 2.14 bits per heavy atom. The standard InChI is InChI=1S/C9H13N3O2/c10-12-7-5-8(11-9(7)13)14-6-3-1-2-4-6/h6,8H,1-5H2,(H,11,13). The molecule has 0 aromatic rings. The predicted octanol–water partition coefficient (Wildman–Crippen LogP) is 0.462. The molecule has 1 unspecified atom stereocenters. The Kier molecular flexibility index (Phi) is 2.61. The molecule has 1 atom stereocenters. The predicted molar refractivity (Wildman–Crippen MR) is 48.5 cm³/mol. The third kappa shape index (κ3) is 1.84. The van der Waals surface area contributed by atoms with E-state index >= 15 is 0 Å². The minimum absolute atomic E-state index is 0.160. The molecule has 14 heavy (non-hydrogen) atoms. The summed E-state index contributed by atoms with van der Waals surface area (Å²) in [5.41, 5.74) is 8.65. The first-order valence-corrected chi connectivity index (χ1v) is 4.97. The Labute approximate surface area is 82.1 Å². The summed E-state index contributed by atoms with van der Waals surface area (Å²) in [7, 11) is 0. The summed E-state index contributed by atoms with van der Waals surface area (Å²) in [5, 5.41) is 2.63. The summed E-state index contributed by atoms with van der Waals surface area (Å²) < 4.78 is 5.65. The van der Waals surface area contributed by atoms with Gasteiger partial charge < -0.3 is 15.6 Å². The topological polar surface area (TPSA) is 74.7 Å². The molecular weight excluding hydrogens is 182 g/mol. The molecule has 76 valence electrons. The molecule has 1 saturated heterocycles. The fraction of sp³-hybridized carbons (Fsp3) is 0.778. The molecule has 1 heterocycles. The molecule has 1 aliphatic carbocycles. The zero-order chi connectivity index (χ0) is 9.97. The van der Waals surface area contributed by atoms with Gasteiger partial charge in [-0.3, -0.25) is 4.79 Å². The van der Waals surface area contributed by atoms with Crippen LogP contribution < -0.4 is 5.32 Å². The number of amides is 1. The van der Waals surface area contributed by atoms with Crippen molar-refractivity contribution in [1.82, 2.24) is 5.32 Å². The highest BCUT2D eigenvalue weighted by Crippen LogP contribution is 2.23. The first-order chi connectivity index (χ1) is 6.79. The molecule has 1 amide bonds. The number of hydrogen-bond acceptors (Lipinski definition) is 2. The van der Waals surface area contributed by atoms with Crippen molar-refractivity contribution in [3.05, 3.63) is 5.53 Å². The van der Waals surface area contributed by atoms with Gasteiger partial charge in [0, 0.05) is 0 Å². The smallest absolute Gasteiger partial charge is 0.360 e. The van der Waals surface area contributed by atoms with Crippen molar-refractivity contribution in [2.24, 2.45) is 0 Å². The number of carbonyl (C=O) groups is 1. The first kappa shape index (κ1) is 9.37. The molecular formula is C9H13N3O2. The number of hydrogen-bond donors (Lipinski definition) is 1. The van der Waals surface area contributed by atoms with Gasteiger partial charge in [-0.25, -0.2) is 0 Å². The van der Waals surface area contributed by atoms with Crippen LogP contribution in [-0.2, 0) is 9.53 Å². The number of ether oxygens (including phenoxy) is 1. The molecule has 2 fully saturated rings. The zero-order valence-electron chi connectivity index (χ0n) is 7.90. The van der Waals surface area contributed by atoms with Gasteiger partial charge in [-0.05, 0) is 12.8 Å². The van der Waals surface area contributed by atoms with Gasteiger partial charge in [0.15, 0.2) is 0 Å². The third-order valence-corrected chi connectivity index (χ3v) is 2.71. The van der Waals surface area contributed by atoms with Crippen LogP contribution in [0.1, 0.15) is 32.1 Å². The average Bonchev–Trinajstić information content (AvgIpc) is 2.76. The van der Waals surface area contributed by atoms with Crippen LogP contribution in [0, 0.1) is 0 Å². The van der Waals surface area contributed by atoms with E-state index in [9.17, 15) is 4.79 Å². The number of nitrogens with one attached hydrogen (secondary N) is 1. The first-order valence-electron chi connectivity index (χ1n) is 4.97. The van der Waals surface area contributed by atoms with E-state index in [4.69, 9.17) is 10.3 Å². The maximum atomic E-state index is 11.1. The highest BCUT2D eigenvalue weighted by atomic mass is 16.5. The lowest BCUT2D eigenvalue weighted by Gasteiger charge is -2.15. The second-order valence-electron chi connectivity index (χ2n) is 3.76. The van der Waals surface area contributed by atoms with Crippen LogP contribution in [0.4, 0.5) is 0 Å². The van der Waals surface area contributed by atoms with Crippen LogP contribution in [0.5, 0.6) is 0 Å². The van der Waals surface area contributed by atoms with Crippen molar-refractivity contribution in [3.8, 4) is 0 Å². The molecule has 5 nitrogen and oxygen atoms in total. The normalized spacial score (nSPS) is 27.9. The molecule has 0 aromatic carbocycles. The fourth-order valence-electron chi connectivity index (χ4n) is 1.97. The van der Waals surface area contributed by atoms with E-state index < -0.39 is 0 Å². The van der Waals surface area contributed by atoms with E-state index in [0.29, 0.717) is 6.42 Å². The molecule has 5 heteroatoms. The van der Waals surface area contributed by atoms with E-state index in [1.165, 1.54) is 12.8 Å². The molecule has 1 N–H and O–H groups in total. The Bertz CT molecular complexity index is 290. The molecule has 0 aromatic heterocycles. The summed E-state index contributed by atoms with van der Waals surface area (Å²) >= 11 is 0. The van der Waals surface area contributed by atoms with Crippen molar-refractivity contribution < 1.29 is 14.3 Å².